The van der Waals surface area contributed by atoms with Crippen molar-refractivity contribution in [2.75, 3.05) is 31.2 Å². The van der Waals surface area contributed by atoms with Gasteiger partial charge in [0, 0.05) is 24.8 Å². The molecule has 1 aromatic rings. The van der Waals surface area contributed by atoms with E-state index in [1.54, 1.807) is 6.92 Å². The zero-order valence-electron chi connectivity index (χ0n) is 10.0. The van der Waals surface area contributed by atoms with E-state index in [0.717, 1.165) is 5.69 Å². The smallest absolute Gasteiger partial charge is 0.144 e. The number of aliphatic hydroxyl groups excluding tert-OH is 2. The van der Waals surface area contributed by atoms with E-state index in [2.05, 4.69) is 0 Å². The van der Waals surface area contributed by atoms with Gasteiger partial charge in [-0.3, -0.25) is 5.73 Å². The highest BCUT2D eigenvalue weighted by Crippen LogP contribution is 2.21. The largest absolute Gasteiger partial charge is 0.476 e. The molecule has 0 aliphatic heterocycles. The van der Waals surface area contributed by atoms with E-state index in [-0.39, 0.29) is 19.4 Å². The quantitative estimate of drug-likeness (QED) is 0.592. The number of anilines is 1. The Bertz CT molecular complexity index is 325. The molecule has 1 atom stereocenters. The molecule has 1 aromatic carbocycles. The minimum Gasteiger partial charge on any atom is -0.476 e. The molecular weight excluding hydrogens is 220 g/mol. The number of nitrogens with zero attached hydrogens (tertiary/aromatic N) is 1. The number of nitrogens with two attached hydrogens (primary N) is 1. The molecule has 4 N–H and O–H groups in total. The number of hydrogen-bond acceptors (Lipinski definition) is 5. The van der Waals surface area contributed by atoms with Gasteiger partial charge in [-0.25, -0.2) is 0 Å². The van der Waals surface area contributed by atoms with Crippen molar-refractivity contribution >= 4 is 5.69 Å². The number of benzene rings is 1. The first-order chi connectivity index (χ1) is 8.17. The summed E-state index contributed by atoms with van der Waals surface area (Å²) in [6.45, 7) is 2.78. The minimum atomic E-state index is -0.366. The van der Waals surface area contributed by atoms with E-state index < -0.39 is 0 Å². The Labute approximate surface area is 101 Å². The summed E-state index contributed by atoms with van der Waals surface area (Å²) in [5, 5.41) is 17.9. The fraction of sp³-hybridized carbons (Fsp3) is 0.500. The van der Waals surface area contributed by atoms with Gasteiger partial charge in [0.25, 0.3) is 0 Å². The second-order valence-corrected chi connectivity index (χ2v) is 3.75. The van der Waals surface area contributed by atoms with Crippen LogP contribution in [0.25, 0.3) is 0 Å². The molecule has 1 rings (SSSR count). The van der Waals surface area contributed by atoms with Crippen LogP contribution in [0.2, 0.25) is 0 Å². The van der Waals surface area contributed by atoms with Gasteiger partial charge in [0.1, 0.15) is 12.0 Å². The Morgan fingerprint density at radius 2 is 1.94 bits per heavy atom. The summed E-state index contributed by atoms with van der Waals surface area (Å²) in [7, 11) is 0. The van der Waals surface area contributed by atoms with Crippen molar-refractivity contribution in [2.24, 2.45) is 5.73 Å². The molecule has 0 amide bonds. The van der Waals surface area contributed by atoms with Crippen LogP contribution in [0.15, 0.2) is 24.3 Å². The van der Waals surface area contributed by atoms with Gasteiger partial charge in [-0.05, 0) is 19.1 Å². The molecule has 0 heterocycles. The number of aliphatic hydroxyl groups is 2. The molecule has 17 heavy (non-hydrogen) atoms. The maximum absolute atomic E-state index is 8.96. The van der Waals surface area contributed by atoms with E-state index >= 15 is 0 Å². The molecule has 0 fully saturated rings. The van der Waals surface area contributed by atoms with E-state index in [0.29, 0.717) is 18.8 Å². The Balaban J connectivity index is 2.79. The number of hydrogen-bond donors (Lipinski definition) is 3. The highest BCUT2D eigenvalue weighted by molar-refractivity contribution is 5.50. The second kappa shape index (κ2) is 7.11. The molecule has 0 spiro atoms. The lowest BCUT2D eigenvalue weighted by Crippen LogP contribution is -2.29. The minimum absolute atomic E-state index is 0.0401. The molecule has 0 saturated heterocycles. The van der Waals surface area contributed by atoms with Crippen LogP contribution in [0.4, 0.5) is 5.69 Å². The van der Waals surface area contributed by atoms with Crippen molar-refractivity contribution in [1.29, 1.82) is 0 Å². The van der Waals surface area contributed by atoms with Crippen LogP contribution >= 0.6 is 0 Å². The maximum atomic E-state index is 8.96. The van der Waals surface area contributed by atoms with Crippen LogP contribution < -0.4 is 15.4 Å². The average Bonchev–Trinajstić information content (AvgIpc) is 2.28. The van der Waals surface area contributed by atoms with E-state index in [4.69, 9.17) is 20.7 Å². The van der Waals surface area contributed by atoms with Gasteiger partial charge in [-0.1, -0.05) is 6.07 Å². The Hall–Kier alpha value is -1.30. The van der Waals surface area contributed by atoms with Gasteiger partial charge in [0.15, 0.2) is 0 Å². The molecule has 0 aliphatic carbocycles. The standard InChI is InChI=1S/C12H20N2O3/c1-10(13)17-12-4-2-3-11(9-12)14(5-7-15)6-8-16/h2-4,9-10,15-16H,5-8,13H2,1H3. The number of ether oxygens (including phenoxy) is 1. The molecule has 0 radical (unpaired) electrons. The van der Waals surface area contributed by atoms with Crippen LogP contribution in [0.5, 0.6) is 5.75 Å². The van der Waals surface area contributed by atoms with E-state index in [1.165, 1.54) is 0 Å². The van der Waals surface area contributed by atoms with Crippen LogP contribution in [0.1, 0.15) is 6.92 Å². The lowest BCUT2D eigenvalue weighted by atomic mass is 10.2. The first kappa shape index (κ1) is 13.8. The maximum Gasteiger partial charge on any atom is 0.144 e. The SMILES string of the molecule is CC(N)Oc1cccc(N(CCO)CCO)c1. The number of rotatable bonds is 7. The average molecular weight is 240 g/mol. The molecule has 0 saturated carbocycles. The third-order valence-electron chi connectivity index (χ3n) is 2.24. The summed E-state index contributed by atoms with van der Waals surface area (Å²) >= 11 is 0. The molecule has 5 heteroatoms. The van der Waals surface area contributed by atoms with Gasteiger partial charge in [0.05, 0.1) is 13.2 Å². The summed E-state index contributed by atoms with van der Waals surface area (Å²) in [5.41, 5.74) is 6.45. The lowest BCUT2D eigenvalue weighted by Gasteiger charge is -2.23. The zero-order valence-corrected chi connectivity index (χ0v) is 10.0. The van der Waals surface area contributed by atoms with Crippen LogP contribution in [0, 0.1) is 0 Å². The molecule has 0 bridgehead atoms. The Kier molecular flexibility index (Phi) is 5.76. The highest BCUT2D eigenvalue weighted by Gasteiger charge is 2.07. The van der Waals surface area contributed by atoms with Crippen molar-refractivity contribution in [3.8, 4) is 5.75 Å². The molecule has 96 valence electrons. The van der Waals surface area contributed by atoms with Crippen LogP contribution in [-0.4, -0.2) is 42.7 Å². The van der Waals surface area contributed by atoms with E-state index in [9.17, 15) is 0 Å². The van der Waals surface area contributed by atoms with Crippen LogP contribution in [0.3, 0.4) is 0 Å². The predicted molar refractivity (Wildman–Crippen MR) is 67.1 cm³/mol. The molecule has 0 aromatic heterocycles. The summed E-state index contributed by atoms with van der Waals surface area (Å²) in [6.07, 6.45) is -0.366. The van der Waals surface area contributed by atoms with Crippen LogP contribution in [-0.2, 0) is 0 Å². The first-order valence-electron chi connectivity index (χ1n) is 5.66. The molecular formula is C12H20N2O3. The van der Waals surface area contributed by atoms with E-state index in [1.807, 2.05) is 29.2 Å². The Morgan fingerprint density at radius 1 is 1.29 bits per heavy atom. The zero-order chi connectivity index (χ0) is 12.7. The highest BCUT2D eigenvalue weighted by atomic mass is 16.5. The van der Waals surface area contributed by atoms with Gasteiger partial charge in [-0.15, -0.1) is 0 Å². The third-order valence-corrected chi connectivity index (χ3v) is 2.24. The Morgan fingerprint density at radius 3 is 2.47 bits per heavy atom. The third kappa shape index (κ3) is 4.60. The second-order valence-electron chi connectivity index (χ2n) is 3.75. The van der Waals surface area contributed by atoms with Crippen molar-refractivity contribution in [2.45, 2.75) is 13.2 Å². The molecule has 5 nitrogen and oxygen atoms in total. The van der Waals surface area contributed by atoms with Gasteiger partial charge in [-0.2, -0.15) is 0 Å². The summed E-state index contributed by atoms with van der Waals surface area (Å²) < 4.78 is 5.39. The molecule has 1 unspecified atom stereocenters. The summed E-state index contributed by atoms with van der Waals surface area (Å²) in [6, 6.07) is 7.42. The fourth-order valence-corrected chi connectivity index (χ4v) is 1.58. The fourth-order valence-electron chi connectivity index (χ4n) is 1.58. The van der Waals surface area contributed by atoms with Crippen molar-refractivity contribution in [1.82, 2.24) is 0 Å². The topological polar surface area (TPSA) is 79.0 Å². The van der Waals surface area contributed by atoms with Gasteiger partial charge in [0.2, 0.25) is 0 Å². The summed E-state index contributed by atoms with van der Waals surface area (Å²) in [4.78, 5) is 1.88. The summed E-state index contributed by atoms with van der Waals surface area (Å²) in [5.74, 6) is 0.679. The predicted octanol–water partition coefficient (Wildman–Crippen LogP) is 0.161. The monoisotopic (exact) mass is 240 g/mol. The first-order valence-corrected chi connectivity index (χ1v) is 5.66. The normalized spacial score (nSPS) is 12.2. The lowest BCUT2D eigenvalue weighted by molar-refractivity contribution is 0.230. The van der Waals surface area contributed by atoms with Crippen molar-refractivity contribution in [3.63, 3.8) is 0 Å². The van der Waals surface area contributed by atoms with Crippen molar-refractivity contribution < 1.29 is 14.9 Å². The molecule has 0 aliphatic rings. The van der Waals surface area contributed by atoms with Crippen molar-refractivity contribution in [3.05, 3.63) is 24.3 Å². The van der Waals surface area contributed by atoms with Gasteiger partial charge >= 0.3 is 0 Å². The van der Waals surface area contributed by atoms with Gasteiger partial charge < -0.3 is 19.8 Å².